The zero-order chi connectivity index (χ0) is 28.9. The molecule has 2 aliphatic carbocycles. The topological polar surface area (TPSA) is 126 Å². The van der Waals surface area contributed by atoms with Crippen LogP contribution in [0.3, 0.4) is 0 Å². The van der Waals surface area contributed by atoms with Crippen molar-refractivity contribution in [3.8, 4) is 11.3 Å². The van der Waals surface area contributed by atoms with Crippen LogP contribution < -0.4 is 10.0 Å². The second-order valence-electron chi connectivity index (χ2n) is 11.9. The van der Waals surface area contributed by atoms with E-state index in [-0.39, 0.29) is 23.3 Å². The fourth-order valence-electron chi connectivity index (χ4n) is 5.59. The van der Waals surface area contributed by atoms with Crippen molar-refractivity contribution in [2.75, 3.05) is 0 Å². The van der Waals surface area contributed by atoms with E-state index < -0.39 is 15.6 Å². The van der Waals surface area contributed by atoms with Crippen LogP contribution in [0.4, 0.5) is 0 Å². The lowest BCUT2D eigenvalue weighted by atomic mass is 9.84. The quantitative estimate of drug-likeness (QED) is 0.288. The minimum absolute atomic E-state index is 0.168. The second kappa shape index (κ2) is 12.6. The zero-order valence-electron chi connectivity index (χ0n) is 23.5. The second-order valence-corrected chi connectivity index (χ2v) is 13.5. The zero-order valence-corrected chi connectivity index (χ0v) is 24.4. The van der Waals surface area contributed by atoms with Crippen molar-refractivity contribution in [1.29, 1.82) is 0 Å². The number of fused-ring (bicyclic) bond motifs is 1. The maximum absolute atomic E-state index is 13.3. The lowest BCUT2D eigenvalue weighted by molar-refractivity contribution is -0.122. The average Bonchev–Trinajstić information content (AvgIpc) is 3.28. The summed E-state index contributed by atoms with van der Waals surface area (Å²) in [6, 6.07) is 13.2. The van der Waals surface area contributed by atoms with Gasteiger partial charge in [0.2, 0.25) is 10.0 Å². The summed E-state index contributed by atoms with van der Waals surface area (Å²) in [4.78, 5) is 21.6. The number of furan rings is 1. The molecule has 5 rings (SSSR count). The summed E-state index contributed by atoms with van der Waals surface area (Å²) in [5, 5.41) is 11.4. The molecule has 0 unspecified atom stereocenters. The minimum Gasteiger partial charge on any atom is -0.483 e. The molecule has 3 aromatic rings. The van der Waals surface area contributed by atoms with E-state index in [0.29, 0.717) is 22.8 Å². The normalized spacial score (nSPS) is 16.6. The van der Waals surface area contributed by atoms with Crippen molar-refractivity contribution in [3.63, 3.8) is 0 Å². The molecule has 2 aromatic carbocycles. The van der Waals surface area contributed by atoms with Crippen LogP contribution in [-0.4, -0.2) is 37.5 Å². The highest BCUT2D eigenvalue weighted by Gasteiger charge is 2.28. The molecule has 2 fully saturated rings. The molecule has 0 atom stereocenters. The van der Waals surface area contributed by atoms with Gasteiger partial charge in [-0.2, -0.15) is 0 Å². The van der Waals surface area contributed by atoms with Gasteiger partial charge in [0.1, 0.15) is 5.76 Å². The number of hydrogen-bond acceptors (Lipinski definition) is 5. The van der Waals surface area contributed by atoms with Crippen LogP contribution >= 0.6 is 0 Å². The highest BCUT2D eigenvalue weighted by atomic mass is 32.2. The fourth-order valence-corrected chi connectivity index (χ4v) is 7.22. The summed E-state index contributed by atoms with van der Waals surface area (Å²) in [7, 11) is -3.74. The number of carboxylic acid groups (broad SMARTS) is 1. The monoisotopic (exact) mass is 568 g/mol. The molecule has 3 N–H and O–H groups in total. The van der Waals surface area contributed by atoms with Gasteiger partial charge in [-0.3, -0.25) is 9.59 Å². The van der Waals surface area contributed by atoms with Gasteiger partial charge in [0.05, 0.1) is 4.90 Å². The number of rotatable bonds is 7. The summed E-state index contributed by atoms with van der Waals surface area (Å²) in [5.41, 5.74) is 1.24. The number of carbonyl (C=O) groups is 2. The van der Waals surface area contributed by atoms with Gasteiger partial charge in [-0.15, -0.1) is 0 Å². The van der Waals surface area contributed by atoms with Crippen molar-refractivity contribution >= 4 is 33.2 Å². The fraction of sp³-hybridized carbons (Fsp3) is 0.484. The predicted molar refractivity (Wildman–Crippen MR) is 156 cm³/mol. The molecule has 9 heteroatoms. The molecule has 1 amide bonds. The molecule has 40 heavy (non-hydrogen) atoms. The van der Waals surface area contributed by atoms with Gasteiger partial charge in [-0.1, -0.05) is 56.4 Å². The van der Waals surface area contributed by atoms with E-state index in [1.54, 1.807) is 6.07 Å². The largest absolute Gasteiger partial charge is 0.483 e. The summed E-state index contributed by atoms with van der Waals surface area (Å²) in [6.07, 6.45) is 10.2. The summed E-state index contributed by atoms with van der Waals surface area (Å²) >= 11 is 0. The number of nitrogens with one attached hydrogen (secondary N) is 2. The maximum Gasteiger partial charge on any atom is 0.290 e. The van der Waals surface area contributed by atoms with E-state index >= 15 is 0 Å². The van der Waals surface area contributed by atoms with E-state index in [1.807, 2.05) is 57.2 Å². The molecule has 8 nitrogen and oxygen atoms in total. The third kappa shape index (κ3) is 7.12. The minimum atomic E-state index is -3.74. The van der Waals surface area contributed by atoms with Crippen LogP contribution in [0.15, 0.2) is 51.8 Å². The van der Waals surface area contributed by atoms with Crippen LogP contribution in [-0.2, 0) is 21.2 Å². The van der Waals surface area contributed by atoms with Gasteiger partial charge in [0, 0.05) is 22.5 Å². The molecule has 1 heterocycles. The van der Waals surface area contributed by atoms with Crippen molar-refractivity contribution in [2.45, 2.75) is 95.0 Å². The van der Waals surface area contributed by atoms with E-state index in [1.165, 1.54) is 32.1 Å². The Morgan fingerprint density at radius 2 is 1.65 bits per heavy atom. The van der Waals surface area contributed by atoms with Crippen LogP contribution in [0, 0.1) is 5.92 Å². The first-order valence-corrected chi connectivity index (χ1v) is 15.6. The van der Waals surface area contributed by atoms with Crippen LogP contribution in [0.2, 0.25) is 0 Å². The average molecular weight is 569 g/mol. The highest BCUT2D eigenvalue weighted by Crippen LogP contribution is 2.38. The Balaban J connectivity index is 0.00000118. The Bertz CT molecular complexity index is 1440. The molecule has 0 spiro atoms. The number of amides is 1. The van der Waals surface area contributed by atoms with Gasteiger partial charge in [-0.05, 0) is 81.5 Å². The summed E-state index contributed by atoms with van der Waals surface area (Å²) in [6.45, 7) is 5.24. The molecule has 1 aromatic heterocycles. The van der Waals surface area contributed by atoms with E-state index in [0.717, 1.165) is 42.2 Å². The number of hydrogen-bond donors (Lipinski definition) is 3. The van der Waals surface area contributed by atoms with E-state index in [9.17, 15) is 13.2 Å². The Morgan fingerprint density at radius 3 is 2.25 bits per heavy atom. The number of sulfonamides is 1. The molecule has 0 radical (unpaired) electrons. The first-order valence-electron chi connectivity index (χ1n) is 14.1. The van der Waals surface area contributed by atoms with Gasteiger partial charge in [-0.25, -0.2) is 13.1 Å². The van der Waals surface area contributed by atoms with Gasteiger partial charge in [0.25, 0.3) is 12.4 Å². The van der Waals surface area contributed by atoms with Gasteiger partial charge >= 0.3 is 0 Å². The number of benzene rings is 2. The lowest BCUT2D eigenvalue weighted by Crippen LogP contribution is -2.40. The molecule has 216 valence electrons. The van der Waals surface area contributed by atoms with Crippen molar-refractivity contribution < 1.29 is 27.5 Å². The lowest BCUT2D eigenvalue weighted by Gasteiger charge is -2.25. The van der Waals surface area contributed by atoms with Crippen LogP contribution in [0.5, 0.6) is 0 Å². The number of carbonyl (C=O) groups excluding carboxylic acids is 1. The van der Waals surface area contributed by atoms with Crippen molar-refractivity contribution in [1.82, 2.24) is 10.0 Å². The smallest absolute Gasteiger partial charge is 0.290 e. The molecule has 2 saturated carbocycles. The van der Waals surface area contributed by atoms with Gasteiger partial charge in [0.15, 0.2) is 5.76 Å². The Labute approximate surface area is 236 Å². The summed E-state index contributed by atoms with van der Waals surface area (Å²) < 4.78 is 35.6. The van der Waals surface area contributed by atoms with E-state index in [4.69, 9.17) is 14.3 Å². The highest BCUT2D eigenvalue weighted by molar-refractivity contribution is 7.89. The summed E-state index contributed by atoms with van der Waals surface area (Å²) in [5.74, 6) is 1.41. The standard InChI is InChI=1S/C30H38N2O4S.CH2O2/c1-30(2,3)32-37(34,35)27-17-16-25(23-14-7-8-15-24(23)27)28-21(18-20-10-5-4-6-11-20)19-26(36-28)29(33)31-22-12-9-13-22;2-1-3/h7-8,14-17,19-20,22,32H,4-6,9-13,18H2,1-3H3,(H,31,33);1H,(H,2,3). The Hall–Kier alpha value is -3.17. The molecule has 0 bridgehead atoms. The Morgan fingerprint density at radius 1 is 1.00 bits per heavy atom. The Kier molecular flexibility index (Phi) is 9.36. The molecule has 0 saturated heterocycles. The third-order valence-electron chi connectivity index (χ3n) is 7.57. The molecular weight excluding hydrogens is 528 g/mol. The third-order valence-corrected chi connectivity index (χ3v) is 9.38. The maximum atomic E-state index is 13.3. The van der Waals surface area contributed by atoms with Crippen LogP contribution in [0.1, 0.15) is 88.3 Å². The predicted octanol–water partition coefficient (Wildman–Crippen LogP) is 6.28. The van der Waals surface area contributed by atoms with Crippen molar-refractivity contribution in [2.24, 2.45) is 5.92 Å². The molecular formula is C31H40N2O6S. The molecule has 2 aliphatic rings. The van der Waals surface area contributed by atoms with Crippen LogP contribution in [0.25, 0.3) is 22.1 Å². The van der Waals surface area contributed by atoms with Gasteiger partial charge < -0.3 is 14.8 Å². The molecule has 0 aliphatic heterocycles. The SMILES string of the molecule is CC(C)(C)NS(=O)(=O)c1ccc(-c2oc(C(=O)NC3CCC3)cc2CC2CCCCC2)c2ccccc12.O=CO. The van der Waals surface area contributed by atoms with E-state index in [2.05, 4.69) is 10.0 Å². The first-order chi connectivity index (χ1) is 19.0. The van der Waals surface area contributed by atoms with Crippen molar-refractivity contribution in [3.05, 3.63) is 53.8 Å². The first kappa shape index (κ1) is 29.8.